The fraction of sp³-hybridized carbons (Fsp3) is 0.400. The maximum absolute atomic E-state index is 6.19. The Bertz CT molecular complexity index is 804. The number of fused-ring (bicyclic) bond motifs is 1. The summed E-state index contributed by atoms with van der Waals surface area (Å²) in [4.78, 5) is 11.1. The maximum atomic E-state index is 6.19. The van der Waals surface area contributed by atoms with Crippen LogP contribution < -0.4 is 4.74 Å². The molecule has 0 radical (unpaired) electrons. The van der Waals surface area contributed by atoms with Gasteiger partial charge in [-0.15, -0.1) is 0 Å². The molecule has 0 amide bonds. The number of benzene rings is 1. The van der Waals surface area contributed by atoms with Gasteiger partial charge in [-0.2, -0.15) is 0 Å². The number of pyridine rings is 1. The summed E-state index contributed by atoms with van der Waals surface area (Å²) in [5, 5.41) is 0. The van der Waals surface area contributed by atoms with Gasteiger partial charge in [-0.05, 0) is 53.9 Å². The average molecular weight is 402 g/mol. The van der Waals surface area contributed by atoms with Gasteiger partial charge < -0.3 is 9.64 Å². The van der Waals surface area contributed by atoms with E-state index in [1.54, 1.807) is 0 Å². The van der Waals surface area contributed by atoms with Crippen molar-refractivity contribution in [2.75, 3.05) is 13.6 Å². The Balaban J connectivity index is 1.74. The third-order valence-electron chi connectivity index (χ3n) is 4.54. The highest BCUT2D eigenvalue weighted by Crippen LogP contribution is 2.33. The van der Waals surface area contributed by atoms with Crippen LogP contribution in [-0.4, -0.2) is 35.9 Å². The van der Waals surface area contributed by atoms with Crippen molar-refractivity contribution in [3.8, 4) is 5.88 Å². The summed E-state index contributed by atoms with van der Waals surface area (Å²) in [5.74, 6) is 0.648. The van der Waals surface area contributed by atoms with Gasteiger partial charge in [0.05, 0.1) is 22.2 Å². The molecule has 0 bridgehead atoms. The lowest BCUT2D eigenvalue weighted by Crippen LogP contribution is -2.17. The van der Waals surface area contributed by atoms with Crippen molar-refractivity contribution < 1.29 is 4.74 Å². The topological polar surface area (TPSA) is 37.7 Å². The molecule has 0 N–H and O–H groups in total. The van der Waals surface area contributed by atoms with E-state index in [0.29, 0.717) is 5.88 Å². The highest BCUT2D eigenvalue weighted by Gasteiger charge is 2.24. The first-order chi connectivity index (χ1) is 12.0. The number of aryl methyl sites for hydroxylation is 2. The van der Waals surface area contributed by atoms with Crippen molar-refractivity contribution in [3.63, 3.8) is 0 Å². The molecule has 4 nitrogen and oxygen atoms in total. The summed E-state index contributed by atoms with van der Waals surface area (Å²) in [6.07, 6.45) is 3.84. The molecule has 1 atom stereocenters. The molecule has 0 fully saturated rings. The van der Waals surface area contributed by atoms with Crippen LogP contribution in [0.5, 0.6) is 5.88 Å². The number of hydrogen-bond donors (Lipinski definition) is 0. The van der Waals surface area contributed by atoms with Crippen molar-refractivity contribution >= 4 is 28.0 Å². The van der Waals surface area contributed by atoms with Gasteiger partial charge in [-0.3, -0.25) is 0 Å². The fourth-order valence-electron chi connectivity index (χ4n) is 2.95. The van der Waals surface area contributed by atoms with Crippen molar-refractivity contribution in [1.29, 1.82) is 0 Å². The van der Waals surface area contributed by atoms with E-state index in [1.165, 1.54) is 16.7 Å². The number of aromatic nitrogens is 1. The quantitative estimate of drug-likeness (QED) is 0.541. The predicted octanol–water partition coefficient (Wildman–Crippen LogP) is 4.62. The largest absolute Gasteiger partial charge is 0.473 e. The second-order valence-electron chi connectivity index (χ2n) is 6.62. The second kappa shape index (κ2) is 7.56. The van der Waals surface area contributed by atoms with Gasteiger partial charge in [0, 0.05) is 26.4 Å². The highest BCUT2D eigenvalue weighted by molar-refractivity contribution is 9.10. The average Bonchev–Trinajstić information content (AvgIpc) is 2.97. The molecular formula is C20H24BrN3O. The molecule has 1 aromatic heterocycles. The lowest BCUT2D eigenvalue weighted by Gasteiger charge is -2.15. The van der Waals surface area contributed by atoms with E-state index < -0.39 is 0 Å². The van der Waals surface area contributed by atoms with E-state index in [0.717, 1.165) is 35.2 Å². The van der Waals surface area contributed by atoms with E-state index >= 15 is 0 Å². The van der Waals surface area contributed by atoms with Crippen molar-refractivity contribution in [3.05, 3.63) is 51.1 Å². The molecule has 0 saturated heterocycles. The summed E-state index contributed by atoms with van der Waals surface area (Å²) in [7, 11) is 2.00. The Morgan fingerprint density at radius 3 is 2.80 bits per heavy atom. The smallest absolute Gasteiger partial charge is 0.228 e. The summed E-state index contributed by atoms with van der Waals surface area (Å²) in [6, 6.07) is 8.61. The molecule has 5 heteroatoms. The molecule has 1 aliphatic rings. The van der Waals surface area contributed by atoms with E-state index in [9.17, 15) is 0 Å². The third kappa shape index (κ3) is 4.21. The van der Waals surface area contributed by atoms with Gasteiger partial charge in [0.15, 0.2) is 0 Å². The molecule has 132 valence electrons. The van der Waals surface area contributed by atoms with E-state index in [1.807, 2.05) is 31.3 Å². The van der Waals surface area contributed by atoms with Crippen LogP contribution in [0.3, 0.4) is 0 Å². The van der Waals surface area contributed by atoms with Crippen LogP contribution in [-0.2, 0) is 12.8 Å². The molecule has 2 aromatic rings. The number of nitrogens with zero attached hydrogens (tertiary/aromatic N) is 3. The van der Waals surface area contributed by atoms with Crippen molar-refractivity contribution in [1.82, 2.24) is 9.88 Å². The van der Waals surface area contributed by atoms with Gasteiger partial charge >= 0.3 is 0 Å². The van der Waals surface area contributed by atoms with Gasteiger partial charge in [0.25, 0.3) is 0 Å². The molecule has 0 saturated carbocycles. The fourth-order valence-corrected chi connectivity index (χ4v) is 3.35. The van der Waals surface area contributed by atoms with Gasteiger partial charge in [-0.25, -0.2) is 9.98 Å². The van der Waals surface area contributed by atoms with Crippen LogP contribution in [0.25, 0.3) is 0 Å². The molecule has 1 aliphatic carbocycles. The van der Waals surface area contributed by atoms with Gasteiger partial charge in [0.1, 0.15) is 6.10 Å². The number of aliphatic imine (C=N–C) groups is 1. The predicted molar refractivity (Wildman–Crippen MR) is 106 cm³/mol. The zero-order valence-corrected chi connectivity index (χ0v) is 16.8. The first-order valence-electron chi connectivity index (χ1n) is 8.63. The second-order valence-corrected chi connectivity index (χ2v) is 7.47. The van der Waals surface area contributed by atoms with Crippen LogP contribution in [0.4, 0.5) is 5.69 Å². The number of halogens is 1. The molecule has 0 aliphatic heterocycles. The Morgan fingerprint density at radius 2 is 2.04 bits per heavy atom. The first kappa shape index (κ1) is 17.9. The molecule has 0 spiro atoms. The molecule has 1 heterocycles. The number of hydrogen-bond acceptors (Lipinski definition) is 3. The van der Waals surface area contributed by atoms with Crippen LogP contribution in [0, 0.1) is 13.8 Å². The maximum Gasteiger partial charge on any atom is 0.228 e. The van der Waals surface area contributed by atoms with Crippen LogP contribution in [0.2, 0.25) is 0 Å². The monoisotopic (exact) mass is 401 g/mol. The molecule has 25 heavy (non-hydrogen) atoms. The van der Waals surface area contributed by atoms with Crippen LogP contribution in [0.1, 0.15) is 29.3 Å². The normalized spacial score (nSPS) is 16.3. The minimum Gasteiger partial charge on any atom is -0.473 e. The summed E-state index contributed by atoms with van der Waals surface area (Å²) < 4.78 is 7.03. The molecular weight excluding hydrogens is 378 g/mol. The van der Waals surface area contributed by atoms with Crippen LogP contribution >= 0.6 is 15.9 Å². The standard InChI is InChI=1S/C20H24BrN3O/c1-5-24(4)12-22-19-11-18(21)20(23-14(19)3)25-17-9-15-7-6-13(2)8-16(15)10-17/h6-8,11-12,17H,5,9-10H2,1-4H3. The third-order valence-corrected chi connectivity index (χ3v) is 5.10. The number of ether oxygens (including phenoxy) is 1. The number of rotatable bonds is 5. The molecule has 1 unspecified atom stereocenters. The summed E-state index contributed by atoms with van der Waals surface area (Å²) in [5.41, 5.74) is 5.79. The van der Waals surface area contributed by atoms with E-state index in [4.69, 9.17) is 4.74 Å². The lowest BCUT2D eigenvalue weighted by molar-refractivity contribution is 0.203. The summed E-state index contributed by atoms with van der Waals surface area (Å²) in [6.45, 7) is 7.10. The Morgan fingerprint density at radius 1 is 1.28 bits per heavy atom. The Kier molecular flexibility index (Phi) is 5.42. The van der Waals surface area contributed by atoms with E-state index in [-0.39, 0.29) is 6.10 Å². The highest BCUT2D eigenvalue weighted by atomic mass is 79.9. The lowest BCUT2D eigenvalue weighted by atomic mass is 10.1. The zero-order valence-electron chi connectivity index (χ0n) is 15.2. The van der Waals surface area contributed by atoms with Crippen molar-refractivity contribution in [2.24, 2.45) is 4.99 Å². The zero-order chi connectivity index (χ0) is 18.0. The minimum atomic E-state index is 0.139. The van der Waals surface area contributed by atoms with Crippen molar-refractivity contribution in [2.45, 2.75) is 39.7 Å². The van der Waals surface area contributed by atoms with Gasteiger partial charge in [-0.1, -0.05) is 23.8 Å². The summed E-state index contributed by atoms with van der Waals surface area (Å²) >= 11 is 3.58. The van der Waals surface area contributed by atoms with Crippen LogP contribution in [0.15, 0.2) is 33.7 Å². The Labute approximate surface area is 158 Å². The SMILES string of the molecule is CCN(C)C=Nc1cc(Br)c(OC2Cc3ccc(C)cc3C2)nc1C. The Hall–Kier alpha value is -1.88. The minimum absolute atomic E-state index is 0.139. The molecule has 3 rings (SSSR count). The molecule has 1 aromatic carbocycles. The van der Waals surface area contributed by atoms with Gasteiger partial charge in [0.2, 0.25) is 5.88 Å². The first-order valence-corrected chi connectivity index (χ1v) is 9.42. The van der Waals surface area contributed by atoms with E-state index in [2.05, 4.69) is 58.0 Å².